The average molecular weight is 226 g/mol. The van der Waals surface area contributed by atoms with Gasteiger partial charge < -0.3 is 9.47 Å². The van der Waals surface area contributed by atoms with Gasteiger partial charge in [0.15, 0.2) is 0 Å². The third kappa shape index (κ3) is 2.20. The van der Waals surface area contributed by atoms with E-state index in [1.807, 2.05) is 0 Å². The Morgan fingerprint density at radius 2 is 2.12 bits per heavy atom. The molecule has 0 N–H and O–H groups in total. The SMILES string of the molecule is COC(=O)CC1CC2(CCCCC2)OC1=O. The van der Waals surface area contributed by atoms with Gasteiger partial charge in [0.25, 0.3) is 0 Å². The molecule has 2 fully saturated rings. The van der Waals surface area contributed by atoms with Gasteiger partial charge in [0.2, 0.25) is 0 Å². The quantitative estimate of drug-likeness (QED) is 0.674. The maximum absolute atomic E-state index is 11.7. The van der Waals surface area contributed by atoms with Gasteiger partial charge in [-0.3, -0.25) is 9.59 Å². The van der Waals surface area contributed by atoms with Crippen LogP contribution in [-0.4, -0.2) is 24.6 Å². The number of ether oxygens (including phenoxy) is 2. The first-order chi connectivity index (χ1) is 7.65. The number of hydrogen-bond acceptors (Lipinski definition) is 4. The predicted molar refractivity (Wildman–Crippen MR) is 56.6 cm³/mol. The molecule has 0 aromatic rings. The Kier molecular flexibility index (Phi) is 3.17. The molecule has 1 spiro atoms. The fourth-order valence-corrected chi connectivity index (χ4v) is 2.81. The standard InChI is InChI=1S/C12H18O4/c1-15-10(13)7-9-8-12(16-11(9)14)5-3-2-4-6-12/h9H,2-8H2,1H3. The minimum atomic E-state index is -0.324. The normalized spacial score (nSPS) is 27.8. The molecule has 90 valence electrons. The van der Waals surface area contributed by atoms with Crippen LogP contribution in [0.5, 0.6) is 0 Å². The highest BCUT2D eigenvalue weighted by Crippen LogP contribution is 2.43. The minimum Gasteiger partial charge on any atom is -0.469 e. The van der Waals surface area contributed by atoms with Gasteiger partial charge in [-0.05, 0) is 25.7 Å². The van der Waals surface area contributed by atoms with Gasteiger partial charge in [-0.1, -0.05) is 6.42 Å². The molecule has 0 amide bonds. The summed E-state index contributed by atoms with van der Waals surface area (Å²) in [4.78, 5) is 22.8. The molecule has 0 radical (unpaired) electrons. The third-order valence-corrected chi connectivity index (χ3v) is 3.67. The van der Waals surface area contributed by atoms with Crippen molar-refractivity contribution in [3.05, 3.63) is 0 Å². The molecule has 16 heavy (non-hydrogen) atoms. The van der Waals surface area contributed by atoms with Crippen molar-refractivity contribution in [2.75, 3.05) is 7.11 Å². The molecule has 1 heterocycles. The summed E-state index contributed by atoms with van der Waals surface area (Å²) in [7, 11) is 1.35. The number of carbonyl (C=O) groups excluding carboxylic acids is 2. The molecule has 1 atom stereocenters. The Hall–Kier alpha value is -1.06. The molecule has 4 heteroatoms. The monoisotopic (exact) mass is 226 g/mol. The fourth-order valence-electron chi connectivity index (χ4n) is 2.81. The maximum atomic E-state index is 11.7. The number of rotatable bonds is 2. The molecule has 0 aromatic carbocycles. The molecule has 2 aliphatic rings. The molecule has 1 aliphatic heterocycles. The van der Waals surface area contributed by atoms with E-state index in [-0.39, 0.29) is 29.9 Å². The molecule has 4 nitrogen and oxygen atoms in total. The molecule has 0 bridgehead atoms. The zero-order valence-corrected chi connectivity index (χ0v) is 9.66. The van der Waals surface area contributed by atoms with Crippen molar-refractivity contribution >= 4 is 11.9 Å². The topological polar surface area (TPSA) is 52.6 Å². The molecule has 1 aliphatic carbocycles. The molecule has 1 saturated heterocycles. The largest absolute Gasteiger partial charge is 0.469 e. The predicted octanol–water partition coefficient (Wildman–Crippen LogP) is 1.82. The Bertz CT molecular complexity index is 291. The lowest BCUT2D eigenvalue weighted by atomic mass is 9.80. The van der Waals surface area contributed by atoms with Crippen molar-refractivity contribution < 1.29 is 19.1 Å². The van der Waals surface area contributed by atoms with E-state index in [4.69, 9.17) is 4.74 Å². The van der Waals surface area contributed by atoms with E-state index in [2.05, 4.69) is 4.74 Å². The summed E-state index contributed by atoms with van der Waals surface area (Å²) in [5.41, 5.74) is -0.256. The third-order valence-electron chi connectivity index (χ3n) is 3.67. The molecule has 0 aromatic heterocycles. The van der Waals surface area contributed by atoms with Gasteiger partial charge in [-0.2, -0.15) is 0 Å². The van der Waals surface area contributed by atoms with Gasteiger partial charge >= 0.3 is 11.9 Å². The van der Waals surface area contributed by atoms with Crippen LogP contribution >= 0.6 is 0 Å². The number of methoxy groups -OCH3 is 1. The highest BCUT2D eigenvalue weighted by molar-refractivity contribution is 5.81. The number of esters is 2. The zero-order chi connectivity index (χ0) is 11.6. The van der Waals surface area contributed by atoms with Crippen molar-refractivity contribution in [1.82, 2.24) is 0 Å². The van der Waals surface area contributed by atoms with Crippen LogP contribution in [-0.2, 0) is 19.1 Å². The lowest BCUT2D eigenvalue weighted by molar-refractivity contribution is -0.155. The summed E-state index contributed by atoms with van der Waals surface area (Å²) in [5, 5.41) is 0. The second-order valence-corrected chi connectivity index (χ2v) is 4.85. The van der Waals surface area contributed by atoms with E-state index in [0.29, 0.717) is 6.42 Å². The zero-order valence-electron chi connectivity index (χ0n) is 9.66. The molecule has 1 unspecified atom stereocenters. The van der Waals surface area contributed by atoms with E-state index in [1.165, 1.54) is 13.5 Å². The Morgan fingerprint density at radius 1 is 1.44 bits per heavy atom. The van der Waals surface area contributed by atoms with Gasteiger partial charge in [0.1, 0.15) is 5.60 Å². The number of hydrogen-bond donors (Lipinski definition) is 0. The van der Waals surface area contributed by atoms with E-state index in [9.17, 15) is 9.59 Å². The van der Waals surface area contributed by atoms with Crippen LogP contribution in [0.25, 0.3) is 0 Å². The van der Waals surface area contributed by atoms with Gasteiger partial charge in [0.05, 0.1) is 19.4 Å². The van der Waals surface area contributed by atoms with Crippen LogP contribution in [0.4, 0.5) is 0 Å². The molecular weight excluding hydrogens is 208 g/mol. The molecular formula is C12H18O4. The Morgan fingerprint density at radius 3 is 2.75 bits per heavy atom. The van der Waals surface area contributed by atoms with Crippen LogP contribution in [0, 0.1) is 5.92 Å². The highest BCUT2D eigenvalue weighted by Gasteiger charge is 2.47. The van der Waals surface area contributed by atoms with Gasteiger partial charge in [-0.15, -0.1) is 0 Å². The summed E-state index contributed by atoms with van der Waals surface area (Å²) in [6.45, 7) is 0. The molecule has 2 rings (SSSR count). The second-order valence-electron chi connectivity index (χ2n) is 4.85. The lowest BCUT2D eigenvalue weighted by Crippen LogP contribution is -2.31. The summed E-state index contributed by atoms with van der Waals surface area (Å²) in [6, 6.07) is 0. The summed E-state index contributed by atoms with van der Waals surface area (Å²) in [6.07, 6.45) is 6.24. The summed E-state index contributed by atoms with van der Waals surface area (Å²) in [5.74, 6) is -0.826. The van der Waals surface area contributed by atoms with Gasteiger partial charge in [-0.25, -0.2) is 0 Å². The van der Waals surface area contributed by atoms with Crippen LogP contribution in [0.15, 0.2) is 0 Å². The smallest absolute Gasteiger partial charge is 0.310 e. The van der Waals surface area contributed by atoms with Crippen molar-refractivity contribution in [1.29, 1.82) is 0 Å². The van der Waals surface area contributed by atoms with Crippen LogP contribution in [0.1, 0.15) is 44.9 Å². The Labute approximate surface area is 95.3 Å². The van der Waals surface area contributed by atoms with E-state index >= 15 is 0 Å². The fraction of sp³-hybridized carbons (Fsp3) is 0.833. The van der Waals surface area contributed by atoms with Crippen molar-refractivity contribution in [3.8, 4) is 0 Å². The van der Waals surface area contributed by atoms with Crippen LogP contribution in [0.2, 0.25) is 0 Å². The van der Waals surface area contributed by atoms with E-state index < -0.39 is 0 Å². The van der Waals surface area contributed by atoms with Crippen LogP contribution < -0.4 is 0 Å². The average Bonchev–Trinajstić information content (AvgIpc) is 2.56. The summed E-state index contributed by atoms with van der Waals surface area (Å²) < 4.78 is 10.1. The Balaban J connectivity index is 1.97. The first-order valence-electron chi connectivity index (χ1n) is 5.95. The lowest BCUT2D eigenvalue weighted by Gasteiger charge is -2.31. The highest BCUT2D eigenvalue weighted by atomic mass is 16.6. The van der Waals surface area contributed by atoms with Gasteiger partial charge in [0, 0.05) is 6.42 Å². The minimum absolute atomic E-state index is 0.164. The maximum Gasteiger partial charge on any atom is 0.310 e. The van der Waals surface area contributed by atoms with Crippen LogP contribution in [0.3, 0.4) is 0 Å². The van der Waals surface area contributed by atoms with Crippen molar-refractivity contribution in [2.45, 2.75) is 50.5 Å². The number of carbonyl (C=O) groups is 2. The summed E-state index contributed by atoms with van der Waals surface area (Å²) >= 11 is 0. The van der Waals surface area contributed by atoms with Crippen molar-refractivity contribution in [3.63, 3.8) is 0 Å². The van der Waals surface area contributed by atoms with E-state index in [0.717, 1.165) is 25.7 Å². The first kappa shape index (κ1) is 11.4. The van der Waals surface area contributed by atoms with Crippen molar-refractivity contribution in [2.24, 2.45) is 5.92 Å². The molecule has 1 saturated carbocycles. The second kappa shape index (κ2) is 4.44. The first-order valence-corrected chi connectivity index (χ1v) is 5.95. The van der Waals surface area contributed by atoms with E-state index in [1.54, 1.807) is 0 Å².